The molecule has 2 aromatic rings. The van der Waals surface area contributed by atoms with E-state index in [-0.39, 0.29) is 0 Å². The van der Waals surface area contributed by atoms with Crippen molar-refractivity contribution < 1.29 is 14.6 Å². The van der Waals surface area contributed by atoms with Crippen LogP contribution < -0.4 is 4.74 Å². The van der Waals surface area contributed by atoms with Gasteiger partial charge in [-0.05, 0) is 18.2 Å². The van der Waals surface area contributed by atoms with E-state index in [0.717, 1.165) is 16.2 Å². The Morgan fingerprint density at radius 3 is 2.58 bits per heavy atom. The molecule has 2 aromatic carbocycles. The first-order valence-electron chi connectivity index (χ1n) is 5.79. The summed E-state index contributed by atoms with van der Waals surface area (Å²) in [7, 11) is 1.63. The lowest BCUT2D eigenvalue weighted by molar-refractivity contribution is 0.0693. The third-order valence-corrected chi connectivity index (χ3v) is 3.82. The zero-order chi connectivity index (χ0) is 13.7. The van der Waals surface area contributed by atoms with Gasteiger partial charge in [-0.3, -0.25) is 0 Å². The molecule has 0 saturated carbocycles. The van der Waals surface area contributed by atoms with Gasteiger partial charge >= 0.3 is 5.97 Å². The summed E-state index contributed by atoms with van der Waals surface area (Å²) in [6.45, 7) is 0. The van der Waals surface area contributed by atoms with Gasteiger partial charge in [0.1, 0.15) is 5.75 Å². The SMILES string of the molecule is COc1ccccc1CSc1ccccc1C(=O)O. The number of carboxylic acid groups (broad SMARTS) is 1. The fraction of sp³-hybridized carbons (Fsp3) is 0.133. The standard InChI is InChI=1S/C15H14O3S/c1-18-13-8-4-2-6-11(13)10-19-14-9-5-3-7-12(14)15(16)17/h2-9H,10H2,1H3,(H,16,17). The minimum absolute atomic E-state index is 0.336. The van der Waals surface area contributed by atoms with Gasteiger partial charge in [0.2, 0.25) is 0 Å². The summed E-state index contributed by atoms with van der Waals surface area (Å²) in [6, 6.07) is 14.8. The first kappa shape index (κ1) is 13.5. The van der Waals surface area contributed by atoms with Crippen LogP contribution >= 0.6 is 11.8 Å². The Balaban J connectivity index is 2.17. The average molecular weight is 274 g/mol. The molecule has 0 saturated heterocycles. The van der Waals surface area contributed by atoms with Gasteiger partial charge in [0.25, 0.3) is 0 Å². The quantitative estimate of drug-likeness (QED) is 0.845. The summed E-state index contributed by atoms with van der Waals surface area (Å²) in [5.41, 5.74) is 1.39. The van der Waals surface area contributed by atoms with Gasteiger partial charge in [-0.1, -0.05) is 30.3 Å². The van der Waals surface area contributed by atoms with Crippen LogP contribution in [0.2, 0.25) is 0 Å². The molecule has 0 unspecified atom stereocenters. The van der Waals surface area contributed by atoms with Crippen LogP contribution in [-0.2, 0) is 5.75 Å². The molecule has 19 heavy (non-hydrogen) atoms. The Labute approximate surface area is 116 Å². The largest absolute Gasteiger partial charge is 0.496 e. The molecule has 0 bridgehead atoms. The van der Waals surface area contributed by atoms with Crippen molar-refractivity contribution in [3.63, 3.8) is 0 Å². The third-order valence-electron chi connectivity index (χ3n) is 2.69. The molecule has 0 aromatic heterocycles. The molecule has 0 aliphatic rings. The van der Waals surface area contributed by atoms with Crippen LogP contribution in [0.4, 0.5) is 0 Å². The molecule has 0 fully saturated rings. The van der Waals surface area contributed by atoms with Crippen molar-refractivity contribution in [1.29, 1.82) is 0 Å². The second-order valence-electron chi connectivity index (χ2n) is 3.90. The molecule has 98 valence electrons. The molecular weight excluding hydrogens is 260 g/mol. The van der Waals surface area contributed by atoms with Gasteiger partial charge < -0.3 is 9.84 Å². The molecule has 2 rings (SSSR count). The molecule has 1 N–H and O–H groups in total. The van der Waals surface area contributed by atoms with Crippen molar-refractivity contribution in [2.75, 3.05) is 7.11 Å². The van der Waals surface area contributed by atoms with Crippen molar-refractivity contribution in [2.45, 2.75) is 10.6 Å². The monoisotopic (exact) mass is 274 g/mol. The van der Waals surface area contributed by atoms with Gasteiger partial charge in [-0.2, -0.15) is 0 Å². The van der Waals surface area contributed by atoms with Crippen LogP contribution in [0.15, 0.2) is 53.4 Å². The second-order valence-corrected chi connectivity index (χ2v) is 4.92. The van der Waals surface area contributed by atoms with Crippen LogP contribution in [0.25, 0.3) is 0 Å². The number of benzene rings is 2. The van der Waals surface area contributed by atoms with Crippen LogP contribution in [0.3, 0.4) is 0 Å². The molecule has 0 aliphatic carbocycles. The lowest BCUT2D eigenvalue weighted by atomic mass is 10.2. The molecule has 0 aliphatic heterocycles. The number of ether oxygens (including phenoxy) is 1. The van der Waals surface area contributed by atoms with E-state index in [4.69, 9.17) is 9.84 Å². The topological polar surface area (TPSA) is 46.5 Å². The highest BCUT2D eigenvalue weighted by Gasteiger charge is 2.10. The zero-order valence-electron chi connectivity index (χ0n) is 10.5. The van der Waals surface area contributed by atoms with E-state index < -0.39 is 5.97 Å². The van der Waals surface area contributed by atoms with E-state index in [0.29, 0.717) is 11.3 Å². The minimum Gasteiger partial charge on any atom is -0.496 e. The van der Waals surface area contributed by atoms with Crippen molar-refractivity contribution in [3.05, 3.63) is 59.7 Å². The molecule has 0 heterocycles. The van der Waals surface area contributed by atoms with Gasteiger partial charge in [0.05, 0.1) is 12.7 Å². The first-order valence-corrected chi connectivity index (χ1v) is 6.78. The van der Waals surface area contributed by atoms with Crippen LogP contribution in [-0.4, -0.2) is 18.2 Å². The summed E-state index contributed by atoms with van der Waals surface area (Å²) in [5, 5.41) is 9.13. The van der Waals surface area contributed by atoms with E-state index in [1.807, 2.05) is 36.4 Å². The van der Waals surface area contributed by atoms with E-state index in [1.165, 1.54) is 11.8 Å². The molecule has 0 atom stereocenters. The predicted molar refractivity (Wildman–Crippen MR) is 76.0 cm³/mol. The maximum absolute atomic E-state index is 11.1. The Kier molecular flexibility index (Phi) is 4.47. The zero-order valence-corrected chi connectivity index (χ0v) is 11.3. The number of carbonyl (C=O) groups is 1. The summed E-state index contributed by atoms with van der Waals surface area (Å²) in [4.78, 5) is 11.9. The number of aromatic carboxylic acids is 1. The van der Waals surface area contributed by atoms with Crippen LogP contribution in [0.5, 0.6) is 5.75 Å². The van der Waals surface area contributed by atoms with E-state index in [2.05, 4.69) is 0 Å². The molecule has 0 spiro atoms. The highest BCUT2D eigenvalue weighted by atomic mass is 32.2. The normalized spacial score (nSPS) is 10.2. The maximum atomic E-state index is 11.1. The summed E-state index contributed by atoms with van der Waals surface area (Å²) < 4.78 is 5.28. The lowest BCUT2D eigenvalue weighted by Crippen LogP contribution is -1.98. The van der Waals surface area contributed by atoms with Gasteiger partial charge in [0, 0.05) is 16.2 Å². The van der Waals surface area contributed by atoms with Crippen molar-refractivity contribution in [2.24, 2.45) is 0 Å². The highest BCUT2D eigenvalue weighted by Crippen LogP contribution is 2.29. The van der Waals surface area contributed by atoms with Gasteiger partial charge in [-0.25, -0.2) is 4.79 Å². The maximum Gasteiger partial charge on any atom is 0.336 e. The van der Waals surface area contributed by atoms with Crippen LogP contribution in [0.1, 0.15) is 15.9 Å². The molecule has 4 heteroatoms. The van der Waals surface area contributed by atoms with E-state index in [9.17, 15) is 4.79 Å². The Morgan fingerprint density at radius 2 is 1.84 bits per heavy atom. The Morgan fingerprint density at radius 1 is 1.16 bits per heavy atom. The van der Waals surface area contributed by atoms with Crippen molar-refractivity contribution in [1.82, 2.24) is 0 Å². The number of methoxy groups -OCH3 is 1. The first-order chi connectivity index (χ1) is 9.22. The second kappa shape index (κ2) is 6.29. The number of hydrogen-bond acceptors (Lipinski definition) is 3. The predicted octanol–water partition coefficient (Wildman–Crippen LogP) is 3.69. The molecule has 3 nitrogen and oxygen atoms in total. The fourth-order valence-electron chi connectivity index (χ4n) is 1.75. The number of rotatable bonds is 5. The molecule has 0 amide bonds. The van der Waals surface area contributed by atoms with E-state index in [1.54, 1.807) is 19.2 Å². The summed E-state index contributed by atoms with van der Waals surface area (Å²) in [5.74, 6) is 0.597. The number of hydrogen-bond donors (Lipinski definition) is 1. The average Bonchev–Trinajstić information content (AvgIpc) is 2.45. The number of thioether (sulfide) groups is 1. The van der Waals surface area contributed by atoms with Crippen LogP contribution in [0, 0.1) is 0 Å². The Hall–Kier alpha value is -1.94. The Bertz CT molecular complexity index is 581. The highest BCUT2D eigenvalue weighted by molar-refractivity contribution is 7.98. The lowest BCUT2D eigenvalue weighted by Gasteiger charge is -2.09. The molecule has 0 radical (unpaired) electrons. The van der Waals surface area contributed by atoms with Gasteiger partial charge in [0.15, 0.2) is 0 Å². The third kappa shape index (κ3) is 3.29. The van der Waals surface area contributed by atoms with Crippen molar-refractivity contribution in [3.8, 4) is 5.75 Å². The van der Waals surface area contributed by atoms with Gasteiger partial charge in [-0.15, -0.1) is 11.8 Å². The van der Waals surface area contributed by atoms with E-state index >= 15 is 0 Å². The minimum atomic E-state index is -0.900. The fourth-order valence-corrected chi connectivity index (χ4v) is 2.78. The van der Waals surface area contributed by atoms with Crippen molar-refractivity contribution >= 4 is 17.7 Å². The summed E-state index contributed by atoms with van der Waals surface area (Å²) in [6.07, 6.45) is 0. The number of para-hydroxylation sites is 1. The number of carboxylic acids is 1. The molecular formula is C15H14O3S. The smallest absolute Gasteiger partial charge is 0.336 e. The summed E-state index contributed by atoms with van der Waals surface area (Å²) >= 11 is 1.50.